The maximum Gasteiger partial charge on any atom is 0.253 e. The Morgan fingerprint density at radius 1 is 1.14 bits per heavy atom. The minimum absolute atomic E-state index is 0.0894. The van der Waals surface area contributed by atoms with Crippen LogP contribution in [0.3, 0.4) is 0 Å². The van der Waals surface area contributed by atoms with Crippen LogP contribution in [0.25, 0.3) is 11.0 Å². The zero-order valence-electron chi connectivity index (χ0n) is 12.8. The monoisotopic (exact) mass is 286 g/mol. The maximum atomic E-state index is 12.3. The van der Waals surface area contributed by atoms with E-state index in [4.69, 9.17) is 5.10 Å². The van der Waals surface area contributed by atoms with Crippen molar-refractivity contribution in [3.63, 3.8) is 0 Å². The summed E-state index contributed by atoms with van der Waals surface area (Å²) < 4.78 is 1.85. The van der Waals surface area contributed by atoms with E-state index in [0.29, 0.717) is 6.04 Å². The Bertz CT molecular complexity index is 758. The molecule has 0 saturated carbocycles. The highest BCUT2D eigenvalue weighted by Gasteiger charge is 2.30. The van der Waals surface area contributed by atoms with Crippen molar-refractivity contribution >= 4 is 11.0 Å². The summed E-state index contributed by atoms with van der Waals surface area (Å²) >= 11 is 0. The van der Waals surface area contributed by atoms with Crippen molar-refractivity contribution in [2.24, 2.45) is 7.05 Å². The normalized spacial score (nSPS) is 22.9. The lowest BCUT2D eigenvalue weighted by atomic mass is 9.89. The lowest BCUT2D eigenvalue weighted by Gasteiger charge is -2.20. The third-order valence-electron chi connectivity index (χ3n) is 5.19. The number of hydrogen-bond acceptors (Lipinski definition) is 3. The van der Waals surface area contributed by atoms with E-state index in [1.807, 2.05) is 11.7 Å². The van der Waals surface area contributed by atoms with Crippen LogP contribution >= 0.6 is 0 Å². The van der Waals surface area contributed by atoms with Gasteiger partial charge in [-0.25, -0.2) is 0 Å². The van der Waals surface area contributed by atoms with Gasteiger partial charge in [0.1, 0.15) is 5.65 Å². The predicted molar refractivity (Wildman–Crippen MR) is 82.6 cm³/mol. The number of aryl methyl sites for hydroxylation is 2. The molecule has 0 radical (unpaired) electrons. The summed E-state index contributed by atoms with van der Waals surface area (Å²) in [7, 11) is 4.11. The first-order chi connectivity index (χ1) is 10.2. The zero-order valence-corrected chi connectivity index (χ0v) is 12.8. The molecule has 0 bridgehead atoms. The molecule has 1 atom stereocenters. The largest absolute Gasteiger partial charge is 0.307 e. The van der Waals surface area contributed by atoms with Gasteiger partial charge in [-0.05, 0) is 57.7 Å². The first-order valence-corrected chi connectivity index (χ1v) is 7.97. The van der Waals surface area contributed by atoms with E-state index in [9.17, 15) is 4.79 Å². The van der Waals surface area contributed by atoms with E-state index in [-0.39, 0.29) is 5.56 Å². The quantitative estimate of drug-likeness (QED) is 0.871. The van der Waals surface area contributed by atoms with Gasteiger partial charge in [-0.1, -0.05) is 0 Å². The van der Waals surface area contributed by atoms with E-state index in [2.05, 4.69) is 16.9 Å². The van der Waals surface area contributed by atoms with Gasteiger partial charge < -0.3 is 4.98 Å². The minimum Gasteiger partial charge on any atom is -0.307 e. The highest BCUT2D eigenvalue weighted by atomic mass is 16.1. The molecule has 0 spiro atoms. The summed E-state index contributed by atoms with van der Waals surface area (Å²) in [5.74, 6) is 0. The Labute approximate surface area is 123 Å². The van der Waals surface area contributed by atoms with Crippen molar-refractivity contribution in [3.05, 3.63) is 27.2 Å². The van der Waals surface area contributed by atoms with Crippen LogP contribution in [0.4, 0.5) is 0 Å². The second kappa shape index (κ2) is 4.70. The van der Waals surface area contributed by atoms with Gasteiger partial charge in [0.2, 0.25) is 0 Å². The Hall–Kier alpha value is -1.62. The van der Waals surface area contributed by atoms with E-state index in [1.165, 1.54) is 29.5 Å². The van der Waals surface area contributed by atoms with Crippen LogP contribution in [-0.2, 0) is 19.9 Å². The van der Waals surface area contributed by atoms with Gasteiger partial charge in [-0.15, -0.1) is 0 Å². The predicted octanol–water partition coefficient (Wildman–Crippen LogP) is 1.91. The lowest BCUT2D eigenvalue weighted by Crippen LogP contribution is -2.21. The number of fused-ring (bicyclic) bond motifs is 3. The Morgan fingerprint density at radius 3 is 2.62 bits per heavy atom. The molecule has 0 amide bonds. The van der Waals surface area contributed by atoms with Gasteiger partial charge >= 0.3 is 0 Å². The minimum atomic E-state index is 0.0894. The molecule has 2 aliphatic rings. The van der Waals surface area contributed by atoms with Crippen molar-refractivity contribution in [2.75, 3.05) is 13.6 Å². The van der Waals surface area contributed by atoms with Crippen LogP contribution in [-0.4, -0.2) is 33.3 Å². The average molecular weight is 286 g/mol. The van der Waals surface area contributed by atoms with Crippen molar-refractivity contribution in [2.45, 2.75) is 44.6 Å². The van der Waals surface area contributed by atoms with Crippen molar-refractivity contribution in [1.29, 1.82) is 0 Å². The molecule has 2 aromatic rings. The molecule has 112 valence electrons. The molecule has 3 heterocycles. The molecule has 5 nitrogen and oxygen atoms in total. The van der Waals surface area contributed by atoms with Crippen molar-refractivity contribution < 1.29 is 0 Å². The van der Waals surface area contributed by atoms with E-state index < -0.39 is 0 Å². The highest BCUT2D eigenvalue weighted by molar-refractivity contribution is 5.84. The molecule has 0 aromatic carbocycles. The SMILES string of the molecule is CN1CCC[C@H]1c1nn(C)c2[nH]c(=O)c3c(c12)CCCC3. The molecular formula is C16H22N4O. The number of likely N-dealkylation sites (tertiary alicyclic amines) is 1. The highest BCUT2D eigenvalue weighted by Crippen LogP contribution is 2.36. The Kier molecular flexibility index (Phi) is 2.92. The van der Waals surface area contributed by atoms with Crippen LogP contribution in [0.2, 0.25) is 0 Å². The van der Waals surface area contributed by atoms with Crippen LogP contribution in [0.15, 0.2) is 4.79 Å². The van der Waals surface area contributed by atoms with Gasteiger partial charge in [0.25, 0.3) is 5.56 Å². The number of H-pyrrole nitrogens is 1. The molecule has 1 fully saturated rings. The smallest absolute Gasteiger partial charge is 0.253 e. The topological polar surface area (TPSA) is 53.9 Å². The standard InChI is InChI=1S/C16H22N4O/c1-19-9-5-8-12(19)14-13-10-6-3-4-7-11(10)16(21)17-15(13)20(2)18-14/h12H,3-9H2,1-2H3,(H,17,21)/t12-/m0/s1. The number of aromatic nitrogens is 3. The van der Waals surface area contributed by atoms with Crippen molar-refractivity contribution in [3.8, 4) is 0 Å². The van der Waals surface area contributed by atoms with Crippen molar-refractivity contribution in [1.82, 2.24) is 19.7 Å². The van der Waals surface area contributed by atoms with Gasteiger partial charge in [0, 0.05) is 18.0 Å². The molecule has 1 aliphatic carbocycles. The molecule has 2 aromatic heterocycles. The first kappa shape index (κ1) is 13.1. The van der Waals surface area contributed by atoms with E-state index in [1.54, 1.807) is 0 Å². The molecule has 4 rings (SSSR count). The number of hydrogen-bond donors (Lipinski definition) is 1. The summed E-state index contributed by atoms with van der Waals surface area (Å²) in [5, 5.41) is 6.00. The van der Waals surface area contributed by atoms with Gasteiger partial charge in [0.15, 0.2) is 0 Å². The average Bonchev–Trinajstić information content (AvgIpc) is 3.04. The third kappa shape index (κ3) is 1.87. The van der Waals surface area contributed by atoms with Gasteiger partial charge in [-0.2, -0.15) is 5.10 Å². The van der Waals surface area contributed by atoms with Gasteiger partial charge in [-0.3, -0.25) is 14.4 Å². The number of nitrogens with zero attached hydrogens (tertiary/aromatic N) is 3. The fraction of sp³-hybridized carbons (Fsp3) is 0.625. The maximum absolute atomic E-state index is 12.3. The second-order valence-corrected chi connectivity index (χ2v) is 6.49. The molecular weight excluding hydrogens is 264 g/mol. The first-order valence-electron chi connectivity index (χ1n) is 7.97. The number of rotatable bonds is 1. The van der Waals surface area contributed by atoms with Crippen LogP contribution in [0, 0.1) is 0 Å². The Morgan fingerprint density at radius 2 is 1.90 bits per heavy atom. The number of aromatic amines is 1. The fourth-order valence-corrected chi connectivity index (χ4v) is 4.09. The lowest BCUT2D eigenvalue weighted by molar-refractivity contribution is 0.312. The number of pyridine rings is 1. The molecule has 1 saturated heterocycles. The molecule has 1 aliphatic heterocycles. The second-order valence-electron chi connectivity index (χ2n) is 6.49. The Balaban J connectivity index is 2.02. The summed E-state index contributed by atoms with van der Waals surface area (Å²) in [6, 6.07) is 0.394. The van der Waals surface area contributed by atoms with Crippen LogP contribution < -0.4 is 5.56 Å². The molecule has 21 heavy (non-hydrogen) atoms. The zero-order chi connectivity index (χ0) is 14.6. The number of nitrogens with one attached hydrogen (secondary N) is 1. The summed E-state index contributed by atoms with van der Waals surface area (Å²) in [4.78, 5) is 17.8. The summed E-state index contributed by atoms with van der Waals surface area (Å²) in [6.07, 6.45) is 6.63. The third-order valence-corrected chi connectivity index (χ3v) is 5.19. The molecule has 1 N–H and O–H groups in total. The van der Waals surface area contributed by atoms with Crippen LogP contribution in [0.5, 0.6) is 0 Å². The van der Waals surface area contributed by atoms with Gasteiger partial charge in [0.05, 0.1) is 11.7 Å². The van der Waals surface area contributed by atoms with E-state index in [0.717, 1.165) is 43.4 Å². The molecule has 0 unspecified atom stereocenters. The van der Waals surface area contributed by atoms with E-state index >= 15 is 0 Å². The summed E-state index contributed by atoms with van der Waals surface area (Å²) in [6.45, 7) is 1.13. The molecule has 5 heteroatoms. The van der Waals surface area contributed by atoms with Crippen LogP contribution in [0.1, 0.15) is 48.5 Å². The fourth-order valence-electron chi connectivity index (χ4n) is 4.09. The summed E-state index contributed by atoms with van der Waals surface area (Å²) in [5.41, 5.74) is 4.43.